The predicted molar refractivity (Wildman–Crippen MR) is 70.3 cm³/mol. The average molecular weight is 260 g/mol. The van der Waals surface area contributed by atoms with E-state index < -0.39 is 5.91 Å². The summed E-state index contributed by atoms with van der Waals surface area (Å²) in [4.78, 5) is 17.5. The first kappa shape index (κ1) is 13.1. The number of nitrogens with zero attached hydrogens (tertiary/aromatic N) is 1. The number of hydrogen-bond donors (Lipinski definition) is 3. The zero-order valence-corrected chi connectivity index (χ0v) is 10.4. The van der Waals surface area contributed by atoms with Gasteiger partial charge in [-0.05, 0) is 17.7 Å². The molecule has 19 heavy (non-hydrogen) atoms. The fraction of sp³-hybridized carbons (Fsp3) is 0.231. The number of aromatic amines is 1. The van der Waals surface area contributed by atoms with Gasteiger partial charge in [-0.15, -0.1) is 0 Å². The number of hydrogen-bond acceptors (Lipinski definition) is 4. The lowest BCUT2D eigenvalue weighted by molar-refractivity contribution is -0.119. The highest BCUT2D eigenvalue weighted by atomic mass is 16.5. The van der Waals surface area contributed by atoms with Crippen molar-refractivity contribution in [3.63, 3.8) is 0 Å². The van der Waals surface area contributed by atoms with Crippen LogP contribution in [0.4, 0.5) is 0 Å². The van der Waals surface area contributed by atoms with Gasteiger partial charge in [0.1, 0.15) is 5.75 Å². The molecule has 0 aliphatic heterocycles. The fourth-order valence-corrected chi connectivity index (χ4v) is 1.58. The third-order valence-electron chi connectivity index (χ3n) is 2.50. The molecule has 0 fully saturated rings. The Balaban J connectivity index is 1.76. The van der Waals surface area contributed by atoms with Crippen molar-refractivity contribution in [3.8, 4) is 5.75 Å². The average Bonchev–Trinajstić information content (AvgIpc) is 2.91. The summed E-state index contributed by atoms with van der Waals surface area (Å²) in [6.45, 7) is 1.38. The van der Waals surface area contributed by atoms with Gasteiger partial charge < -0.3 is 20.8 Å². The van der Waals surface area contributed by atoms with Crippen molar-refractivity contribution < 1.29 is 9.53 Å². The molecule has 0 atom stereocenters. The van der Waals surface area contributed by atoms with Crippen LogP contribution in [0.15, 0.2) is 36.8 Å². The first-order valence-corrected chi connectivity index (χ1v) is 5.92. The molecule has 1 amide bonds. The standard InChI is InChI=1S/C13H16N4O2/c14-13(18)8-19-12-3-1-10(2-4-12)5-15-6-11-7-16-9-17-11/h1-4,7,9,15H,5-6,8H2,(H2,14,18)(H,16,17). The van der Waals surface area contributed by atoms with E-state index in [1.54, 1.807) is 12.5 Å². The molecule has 4 N–H and O–H groups in total. The molecule has 1 aromatic carbocycles. The van der Waals surface area contributed by atoms with Gasteiger partial charge in [0.15, 0.2) is 6.61 Å². The predicted octanol–water partition coefficient (Wildman–Crippen LogP) is 0.564. The van der Waals surface area contributed by atoms with Gasteiger partial charge in [0.2, 0.25) is 0 Å². The Morgan fingerprint density at radius 3 is 2.74 bits per heavy atom. The van der Waals surface area contributed by atoms with Crippen molar-refractivity contribution in [2.75, 3.05) is 6.61 Å². The summed E-state index contributed by atoms with van der Waals surface area (Å²) < 4.78 is 5.18. The highest BCUT2D eigenvalue weighted by Gasteiger charge is 1.99. The Labute approximate surface area is 111 Å². The largest absolute Gasteiger partial charge is 0.484 e. The molecule has 2 rings (SSSR count). The van der Waals surface area contributed by atoms with E-state index in [2.05, 4.69) is 15.3 Å². The number of carbonyl (C=O) groups is 1. The van der Waals surface area contributed by atoms with Crippen molar-refractivity contribution in [1.29, 1.82) is 0 Å². The molecule has 0 aliphatic carbocycles. The number of carbonyl (C=O) groups excluding carboxylic acids is 1. The van der Waals surface area contributed by atoms with Crippen LogP contribution < -0.4 is 15.8 Å². The summed E-state index contributed by atoms with van der Waals surface area (Å²) in [6, 6.07) is 7.51. The molecule has 2 aromatic rings. The second-order valence-corrected chi connectivity index (χ2v) is 4.08. The van der Waals surface area contributed by atoms with E-state index in [4.69, 9.17) is 10.5 Å². The van der Waals surface area contributed by atoms with Gasteiger partial charge >= 0.3 is 0 Å². The van der Waals surface area contributed by atoms with Gasteiger partial charge in [0.05, 0.1) is 6.33 Å². The number of nitrogens with two attached hydrogens (primary N) is 1. The lowest BCUT2D eigenvalue weighted by Gasteiger charge is -2.06. The number of rotatable bonds is 7. The van der Waals surface area contributed by atoms with Crippen LogP contribution in [0.25, 0.3) is 0 Å². The summed E-state index contributed by atoms with van der Waals surface area (Å²) in [6.07, 6.45) is 3.44. The molecule has 0 saturated carbocycles. The number of benzene rings is 1. The highest BCUT2D eigenvalue weighted by Crippen LogP contribution is 2.11. The summed E-state index contributed by atoms with van der Waals surface area (Å²) in [5.41, 5.74) is 7.17. The lowest BCUT2D eigenvalue weighted by atomic mass is 10.2. The number of aromatic nitrogens is 2. The minimum absolute atomic E-state index is 0.0998. The van der Waals surface area contributed by atoms with Gasteiger partial charge in [0.25, 0.3) is 5.91 Å². The smallest absolute Gasteiger partial charge is 0.255 e. The first-order valence-electron chi connectivity index (χ1n) is 5.92. The maximum absolute atomic E-state index is 10.6. The van der Waals surface area contributed by atoms with Crippen LogP contribution >= 0.6 is 0 Å². The van der Waals surface area contributed by atoms with Crippen molar-refractivity contribution in [1.82, 2.24) is 15.3 Å². The molecule has 0 aliphatic rings. The molecule has 0 saturated heterocycles. The van der Waals surface area contributed by atoms with Crippen molar-refractivity contribution in [2.24, 2.45) is 5.73 Å². The zero-order chi connectivity index (χ0) is 13.5. The summed E-state index contributed by atoms with van der Waals surface area (Å²) in [7, 11) is 0. The number of imidazole rings is 1. The zero-order valence-electron chi connectivity index (χ0n) is 10.4. The normalized spacial score (nSPS) is 10.3. The third kappa shape index (κ3) is 4.44. The van der Waals surface area contributed by atoms with E-state index in [1.165, 1.54) is 0 Å². The summed E-state index contributed by atoms with van der Waals surface area (Å²) in [5.74, 6) is 0.154. The van der Waals surface area contributed by atoms with Crippen LogP contribution in [0.5, 0.6) is 5.75 Å². The molecular weight excluding hydrogens is 244 g/mol. The second-order valence-electron chi connectivity index (χ2n) is 4.08. The topological polar surface area (TPSA) is 93.0 Å². The molecule has 1 heterocycles. The van der Waals surface area contributed by atoms with Crippen LogP contribution in [0, 0.1) is 0 Å². The van der Waals surface area contributed by atoms with Crippen LogP contribution in [0.3, 0.4) is 0 Å². The molecule has 0 spiro atoms. The maximum atomic E-state index is 10.6. The van der Waals surface area contributed by atoms with E-state index in [1.807, 2.05) is 24.3 Å². The first-order chi connectivity index (χ1) is 9.24. The van der Waals surface area contributed by atoms with Gasteiger partial charge in [-0.3, -0.25) is 4.79 Å². The third-order valence-corrected chi connectivity index (χ3v) is 2.50. The number of amides is 1. The van der Waals surface area contributed by atoms with Gasteiger partial charge in [-0.25, -0.2) is 4.98 Å². The fourth-order valence-electron chi connectivity index (χ4n) is 1.58. The molecule has 0 radical (unpaired) electrons. The Bertz CT molecular complexity index is 508. The molecule has 100 valence electrons. The number of primary amides is 1. The van der Waals surface area contributed by atoms with E-state index in [0.29, 0.717) is 5.75 Å². The van der Waals surface area contributed by atoms with Crippen LogP contribution in [0.1, 0.15) is 11.3 Å². The molecule has 6 heteroatoms. The van der Waals surface area contributed by atoms with Crippen LogP contribution in [-0.4, -0.2) is 22.5 Å². The monoisotopic (exact) mass is 260 g/mol. The Morgan fingerprint density at radius 2 is 2.11 bits per heavy atom. The number of nitrogens with one attached hydrogen (secondary N) is 2. The summed E-state index contributed by atoms with van der Waals surface area (Å²) in [5, 5.41) is 3.29. The van der Waals surface area contributed by atoms with Crippen molar-refractivity contribution >= 4 is 5.91 Å². The molecule has 1 aromatic heterocycles. The van der Waals surface area contributed by atoms with E-state index in [0.717, 1.165) is 24.3 Å². The molecule has 6 nitrogen and oxygen atoms in total. The van der Waals surface area contributed by atoms with Crippen molar-refractivity contribution in [2.45, 2.75) is 13.1 Å². The van der Waals surface area contributed by atoms with Crippen LogP contribution in [-0.2, 0) is 17.9 Å². The van der Waals surface area contributed by atoms with Gasteiger partial charge in [0, 0.05) is 25.0 Å². The Kier molecular flexibility index (Phi) is 4.52. The Hall–Kier alpha value is -2.34. The van der Waals surface area contributed by atoms with E-state index >= 15 is 0 Å². The molecule has 0 bridgehead atoms. The highest BCUT2D eigenvalue weighted by molar-refractivity contribution is 5.75. The van der Waals surface area contributed by atoms with Crippen LogP contribution in [0.2, 0.25) is 0 Å². The number of H-pyrrole nitrogens is 1. The van der Waals surface area contributed by atoms with Gasteiger partial charge in [-0.2, -0.15) is 0 Å². The SMILES string of the molecule is NC(=O)COc1ccc(CNCc2cnc[nH]2)cc1. The van der Waals surface area contributed by atoms with Gasteiger partial charge in [-0.1, -0.05) is 12.1 Å². The summed E-state index contributed by atoms with van der Waals surface area (Å²) >= 11 is 0. The van der Waals surface area contributed by atoms with E-state index in [-0.39, 0.29) is 6.61 Å². The quantitative estimate of drug-likeness (QED) is 0.678. The molecular formula is C13H16N4O2. The number of ether oxygens (including phenoxy) is 1. The second kappa shape index (κ2) is 6.55. The van der Waals surface area contributed by atoms with Crippen molar-refractivity contribution in [3.05, 3.63) is 48.0 Å². The van der Waals surface area contributed by atoms with E-state index in [9.17, 15) is 4.79 Å². The molecule has 0 unspecified atom stereocenters. The Morgan fingerprint density at radius 1 is 1.32 bits per heavy atom. The minimum atomic E-state index is -0.481. The lowest BCUT2D eigenvalue weighted by Crippen LogP contribution is -2.20. The minimum Gasteiger partial charge on any atom is -0.484 e. The maximum Gasteiger partial charge on any atom is 0.255 e.